The number of hydrogen-bond donors (Lipinski definition) is 1. The zero-order valence-corrected chi connectivity index (χ0v) is 16.9. The fraction of sp³-hybridized carbons (Fsp3) is 0.364. The van der Waals surface area contributed by atoms with E-state index in [9.17, 15) is 9.59 Å². The lowest BCUT2D eigenvalue weighted by molar-refractivity contribution is -0.116. The van der Waals surface area contributed by atoms with Crippen molar-refractivity contribution in [1.82, 2.24) is 9.80 Å². The average molecular weight is 400 g/mol. The van der Waals surface area contributed by atoms with E-state index >= 15 is 0 Å². The smallest absolute Gasteiger partial charge is 0.224 e. The van der Waals surface area contributed by atoms with E-state index in [1.807, 2.05) is 24.3 Å². The minimum Gasteiger partial charge on any atom is -0.326 e. The van der Waals surface area contributed by atoms with E-state index in [1.54, 1.807) is 24.3 Å². The number of hydrogen-bond acceptors (Lipinski definition) is 4. The molecule has 0 unspecified atom stereocenters. The van der Waals surface area contributed by atoms with Crippen molar-refractivity contribution in [3.63, 3.8) is 0 Å². The second-order valence-electron chi connectivity index (χ2n) is 7.22. The third-order valence-electron chi connectivity index (χ3n) is 5.03. The largest absolute Gasteiger partial charge is 0.326 e. The van der Waals surface area contributed by atoms with Crippen LogP contribution in [0.3, 0.4) is 0 Å². The highest BCUT2D eigenvalue weighted by Crippen LogP contribution is 2.17. The van der Waals surface area contributed by atoms with Gasteiger partial charge in [0.05, 0.1) is 6.54 Å². The van der Waals surface area contributed by atoms with Gasteiger partial charge in [0.15, 0.2) is 5.78 Å². The number of halogens is 1. The number of carbonyl (C=O) groups is 2. The Labute approximate surface area is 171 Å². The molecule has 5 nitrogen and oxygen atoms in total. The SMILES string of the molecule is CN1CCN(CC(=O)c2ccc(NC(=O)CCc3ccccc3Cl)cc2)CC1. The first-order valence-corrected chi connectivity index (χ1v) is 9.96. The van der Waals surface area contributed by atoms with E-state index in [0.717, 1.165) is 31.7 Å². The van der Waals surface area contributed by atoms with Gasteiger partial charge in [0.25, 0.3) is 0 Å². The molecule has 0 aliphatic carbocycles. The van der Waals surface area contributed by atoms with Gasteiger partial charge in [0.1, 0.15) is 0 Å². The number of Topliss-reactive ketones (excluding diaryl/α,β-unsaturated/α-hetero) is 1. The molecule has 28 heavy (non-hydrogen) atoms. The first-order chi connectivity index (χ1) is 13.5. The molecule has 6 heteroatoms. The first-order valence-electron chi connectivity index (χ1n) is 9.58. The zero-order chi connectivity index (χ0) is 19.9. The van der Waals surface area contributed by atoms with Crippen molar-refractivity contribution in [2.75, 3.05) is 45.1 Å². The number of rotatable bonds is 7. The number of likely N-dealkylation sites (N-methyl/N-ethyl adjacent to an activating group) is 1. The van der Waals surface area contributed by atoms with E-state index in [1.165, 1.54) is 0 Å². The van der Waals surface area contributed by atoms with Gasteiger partial charge in [-0.15, -0.1) is 0 Å². The highest BCUT2D eigenvalue weighted by molar-refractivity contribution is 6.31. The second-order valence-corrected chi connectivity index (χ2v) is 7.63. The quantitative estimate of drug-likeness (QED) is 0.725. The van der Waals surface area contributed by atoms with Crippen LogP contribution in [0, 0.1) is 0 Å². The number of amides is 1. The summed E-state index contributed by atoms with van der Waals surface area (Å²) in [5.74, 6) is 0.0394. The predicted octanol–water partition coefficient (Wildman–Crippen LogP) is 3.34. The van der Waals surface area contributed by atoms with Crippen molar-refractivity contribution in [3.05, 3.63) is 64.7 Å². The molecule has 0 radical (unpaired) electrons. The summed E-state index contributed by atoms with van der Waals surface area (Å²) in [4.78, 5) is 29.1. The number of carbonyl (C=O) groups excluding carboxylic acids is 2. The van der Waals surface area contributed by atoms with Gasteiger partial charge in [-0.05, 0) is 49.4 Å². The lowest BCUT2D eigenvalue weighted by Crippen LogP contribution is -2.46. The van der Waals surface area contributed by atoms with Gasteiger partial charge in [-0.1, -0.05) is 29.8 Å². The first kappa shape index (κ1) is 20.5. The Morgan fingerprint density at radius 1 is 1.00 bits per heavy atom. The molecule has 1 aliphatic rings. The van der Waals surface area contributed by atoms with Crippen LogP contribution in [0.2, 0.25) is 5.02 Å². The summed E-state index contributed by atoms with van der Waals surface area (Å²) in [5.41, 5.74) is 2.33. The van der Waals surface area contributed by atoms with Gasteiger partial charge in [-0.25, -0.2) is 0 Å². The summed E-state index contributed by atoms with van der Waals surface area (Å²) in [6, 6.07) is 14.7. The normalized spacial score (nSPS) is 15.4. The average Bonchev–Trinajstić information content (AvgIpc) is 2.69. The molecule has 1 fully saturated rings. The van der Waals surface area contributed by atoms with Gasteiger partial charge >= 0.3 is 0 Å². The molecule has 148 valence electrons. The fourth-order valence-corrected chi connectivity index (χ4v) is 3.44. The Balaban J connectivity index is 1.47. The fourth-order valence-electron chi connectivity index (χ4n) is 3.21. The van der Waals surface area contributed by atoms with Gasteiger partial charge in [0, 0.05) is 48.9 Å². The zero-order valence-electron chi connectivity index (χ0n) is 16.2. The van der Waals surface area contributed by atoms with E-state index < -0.39 is 0 Å². The number of nitrogens with one attached hydrogen (secondary N) is 1. The van der Waals surface area contributed by atoms with Crippen LogP contribution >= 0.6 is 11.6 Å². The van der Waals surface area contributed by atoms with Crippen LogP contribution in [0.15, 0.2) is 48.5 Å². The Hall–Kier alpha value is -2.21. The molecule has 1 heterocycles. The maximum Gasteiger partial charge on any atom is 0.224 e. The van der Waals surface area contributed by atoms with Crippen molar-refractivity contribution < 1.29 is 9.59 Å². The van der Waals surface area contributed by atoms with Crippen LogP contribution in [0.5, 0.6) is 0 Å². The van der Waals surface area contributed by atoms with Gasteiger partial charge in [-0.3, -0.25) is 14.5 Å². The lowest BCUT2D eigenvalue weighted by atomic mass is 10.1. The second kappa shape index (κ2) is 9.82. The molecular formula is C22H26ClN3O2. The number of piperazine rings is 1. The molecular weight excluding hydrogens is 374 g/mol. The molecule has 0 spiro atoms. The molecule has 0 saturated carbocycles. The number of aryl methyl sites for hydroxylation is 1. The highest BCUT2D eigenvalue weighted by atomic mass is 35.5. The third kappa shape index (κ3) is 5.89. The van der Waals surface area contributed by atoms with Crippen LogP contribution in [-0.4, -0.2) is 61.3 Å². The van der Waals surface area contributed by atoms with Gasteiger partial charge in [-0.2, -0.15) is 0 Å². The standard InChI is InChI=1S/C22H26ClN3O2/c1-25-12-14-26(15-13-25)16-21(27)18-6-9-19(10-7-18)24-22(28)11-8-17-4-2-3-5-20(17)23/h2-7,9-10H,8,11-16H2,1H3,(H,24,28). The van der Waals surface area contributed by atoms with E-state index in [4.69, 9.17) is 11.6 Å². The van der Waals surface area contributed by atoms with Crippen LogP contribution < -0.4 is 5.32 Å². The maximum absolute atomic E-state index is 12.5. The summed E-state index contributed by atoms with van der Waals surface area (Å²) in [5, 5.41) is 3.55. The Morgan fingerprint density at radius 3 is 2.36 bits per heavy atom. The van der Waals surface area contributed by atoms with Crippen LogP contribution in [0.25, 0.3) is 0 Å². The molecule has 1 saturated heterocycles. The molecule has 0 bridgehead atoms. The Kier molecular flexibility index (Phi) is 7.20. The van der Waals surface area contributed by atoms with Crippen LogP contribution in [-0.2, 0) is 11.2 Å². The van der Waals surface area contributed by atoms with Crippen molar-refractivity contribution in [2.45, 2.75) is 12.8 Å². The lowest BCUT2D eigenvalue weighted by Gasteiger charge is -2.31. The maximum atomic E-state index is 12.5. The van der Waals surface area contributed by atoms with Gasteiger partial charge in [0.2, 0.25) is 5.91 Å². The summed E-state index contributed by atoms with van der Waals surface area (Å²) in [6.07, 6.45) is 0.945. The topological polar surface area (TPSA) is 52.6 Å². The van der Waals surface area contributed by atoms with Crippen molar-refractivity contribution in [2.24, 2.45) is 0 Å². The van der Waals surface area contributed by atoms with E-state index in [2.05, 4.69) is 22.2 Å². The molecule has 2 aromatic carbocycles. The minimum absolute atomic E-state index is 0.0727. The summed E-state index contributed by atoms with van der Waals surface area (Å²) in [6.45, 7) is 4.26. The van der Waals surface area contributed by atoms with Gasteiger partial charge < -0.3 is 10.2 Å². The molecule has 0 aromatic heterocycles. The molecule has 1 aliphatic heterocycles. The molecule has 2 aromatic rings. The van der Waals surface area contributed by atoms with E-state index in [0.29, 0.717) is 35.7 Å². The summed E-state index contributed by atoms with van der Waals surface area (Å²) in [7, 11) is 2.10. The molecule has 3 rings (SSSR count). The molecule has 1 amide bonds. The van der Waals surface area contributed by atoms with E-state index in [-0.39, 0.29) is 11.7 Å². The van der Waals surface area contributed by atoms with Crippen molar-refractivity contribution in [1.29, 1.82) is 0 Å². The predicted molar refractivity (Wildman–Crippen MR) is 113 cm³/mol. The number of ketones is 1. The highest BCUT2D eigenvalue weighted by Gasteiger charge is 2.17. The van der Waals surface area contributed by atoms with Crippen molar-refractivity contribution >= 4 is 29.0 Å². The monoisotopic (exact) mass is 399 g/mol. The van der Waals surface area contributed by atoms with Crippen LogP contribution in [0.4, 0.5) is 5.69 Å². The number of benzene rings is 2. The molecule has 1 N–H and O–H groups in total. The Bertz CT molecular complexity index is 815. The molecule has 0 atom stereocenters. The minimum atomic E-state index is -0.0727. The van der Waals surface area contributed by atoms with Crippen molar-refractivity contribution in [3.8, 4) is 0 Å². The third-order valence-corrected chi connectivity index (χ3v) is 5.40. The Morgan fingerprint density at radius 2 is 1.68 bits per heavy atom. The number of anilines is 1. The number of nitrogens with zero attached hydrogens (tertiary/aromatic N) is 2. The summed E-state index contributed by atoms with van der Waals surface area (Å²) >= 11 is 6.12. The summed E-state index contributed by atoms with van der Waals surface area (Å²) < 4.78 is 0. The van der Waals surface area contributed by atoms with Crippen LogP contribution in [0.1, 0.15) is 22.3 Å².